The summed E-state index contributed by atoms with van der Waals surface area (Å²) in [6.07, 6.45) is 0. The monoisotopic (exact) mass is 310 g/mol. The molecule has 0 atom stereocenters. The molecule has 6 heteroatoms. The summed E-state index contributed by atoms with van der Waals surface area (Å²) >= 11 is 1.34. The predicted octanol–water partition coefficient (Wildman–Crippen LogP) is 3.61. The van der Waals surface area contributed by atoms with Gasteiger partial charge in [0.05, 0.1) is 22.2 Å². The van der Waals surface area contributed by atoms with E-state index in [0.717, 1.165) is 21.5 Å². The average Bonchev–Trinajstić information content (AvgIpc) is 2.95. The number of hydrogen-bond acceptors (Lipinski definition) is 5. The Balaban J connectivity index is 1.90. The van der Waals surface area contributed by atoms with Crippen LogP contribution in [0.4, 0.5) is 5.69 Å². The predicted molar refractivity (Wildman–Crippen MR) is 85.2 cm³/mol. The van der Waals surface area contributed by atoms with Crippen molar-refractivity contribution in [3.63, 3.8) is 0 Å². The third-order valence-corrected chi connectivity index (χ3v) is 3.92. The number of benzene rings is 2. The largest absolute Gasteiger partial charge is 0.497 e. The minimum atomic E-state index is -0.415. The lowest BCUT2D eigenvalue weighted by atomic mass is 10.2. The summed E-state index contributed by atoms with van der Waals surface area (Å²) in [5.74, 6) is 6.78. The van der Waals surface area contributed by atoms with Crippen molar-refractivity contribution >= 4 is 27.2 Å². The van der Waals surface area contributed by atoms with Gasteiger partial charge in [-0.25, -0.2) is 4.98 Å². The molecule has 2 aromatic carbocycles. The summed E-state index contributed by atoms with van der Waals surface area (Å²) in [4.78, 5) is 14.7. The van der Waals surface area contributed by atoms with Gasteiger partial charge >= 0.3 is 0 Å². The van der Waals surface area contributed by atoms with Gasteiger partial charge in [-0.05, 0) is 36.3 Å². The lowest BCUT2D eigenvalue weighted by molar-refractivity contribution is -0.384. The maximum Gasteiger partial charge on any atom is 0.270 e. The fourth-order valence-corrected chi connectivity index (χ4v) is 2.73. The van der Waals surface area contributed by atoms with Gasteiger partial charge in [0.15, 0.2) is 5.01 Å². The van der Waals surface area contributed by atoms with Gasteiger partial charge in [-0.1, -0.05) is 5.92 Å². The maximum atomic E-state index is 10.8. The van der Waals surface area contributed by atoms with Gasteiger partial charge in [-0.3, -0.25) is 10.1 Å². The fourth-order valence-electron chi connectivity index (χ4n) is 1.88. The Hall–Kier alpha value is -2.91. The van der Waals surface area contributed by atoms with E-state index in [1.54, 1.807) is 13.2 Å². The topological polar surface area (TPSA) is 65.3 Å². The maximum absolute atomic E-state index is 10.8. The molecule has 3 aromatic rings. The van der Waals surface area contributed by atoms with Crippen molar-refractivity contribution in [2.24, 2.45) is 0 Å². The number of non-ortho nitro benzene ring substituents is 1. The van der Waals surface area contributed by atoms with Crippen LogP contribution in [0.2, 0.25) is 0 Å². The number of nitro benzene ring substituents is 1. The van der Waals surface area contributed by atoms with Gasteiger partial charge in [-0.2, -0.15) is 0 Å². The minimum Gasteiger partial charge on any atom is -0.497 e. The molecular formula is C16H10N2O3S. The number of nitro groups is 1. The molecular weight excluding hydrogens is 300 g/mol. The highest BCUT2D eigenvalue weighted by molar-refractivity contribution is 7.19. The Labute approximate surface area is 130 Å². The first-order valence-electron chi connectivity index (χ1n) is 6.37. The van der Waals surface area contributed by atoms with E-state index < -0.39 is 4.92 Å². The first-order chi connectivity index (χ1) is 10.7. The van der Waals surface area contributed by atoms with Gasteiger partial charge in [0, 0.05) is 17.7 Å². The van der Waals surface area contributed by atoms with E-state index >= 15 is 0 Å². The van der Waals surface area contributed by atoms with Crippen LogP contribution in [0, 0.1) is 22.0 Å². The number of nitrogens with zero attached hydrogens (tertiary/aromatic N) is 2. The second kappa shape index (κ2) is 5.84. The molecule has 108 valence electrons. The van der Waals surface area contributed by atoms with Crippen molar-refractivity contribution in [1.29, 1.82) is 0 Å². The molecule has 0 unspecified atom stereocenters. The van der Waals surface area contributed by atoms with Crippen LogP contribution in [0.3, 0.4) is 0 Å². The highest BCUT2D eigenvalue weighted by Gasteiger charge is 2.09. The average molecular weight is 310 g/mol. The number of rotatable bonds is 2. The van der Waals surface area contributed by atoms with E-state index in [2.05, 4.69) is 16.8 Å². The molecule has 0 fully saturated rings. The van der Waals surface area contributed by atoms with Gasteiger partial charge in [0.1, 0.15) is 5.75 Å². The Bertz CT molecular complexity index is 905. The number of hydrogen-bond donors (Lipinski definition) is 0. The van der Waals surface area contributed by atoms with Crippen LogP contribution in [0.1, 0.15) is 10.6 Å². The van der Waals surface area contributed by atoms with Crippen molar-refractivity contribution in [3.8, 4) is 17.6 Å². The van der Waals surface area contributed by atoms with Crippen LogP contribution >= 0.6 is 11.3 Å². The van der Waals surface area contributed by atoms with Gasteiger partial charge < -0.3 is 4.74 Å². The lowest BCUT2D eigenvalue weighted by Crippen LogP contribution is -1.85. The number of ether oxygens (including phenoxy) is 1. The number of fused-ring (bicyclic) bond motifs is 1. The molecule has 0 aliphatic rings. The zero-order valence-electron chi connectivity index (χ0n) is 11.6. The van der Waals surface area contributed by atoms with E-state index in [-0.39, 0.29) is 5.69 Å². The standard InChI is InChI=1S/C16H10N2O3S/c1-21-13-6-2-11(3-7-13)4-9-16-17-14-8-5-12(18(19)20)10-15(14)22-16/h2-3,5-8,10H,1H3. The Morgan fingerprint density at radius 3 is 2.64 bits per heavy atom. The summed E-state index contributed by atoms with van der Waals surface area (Å²) in [6, 6.07) is 12.0. The fraction of sp³-hybridized carbons (Fsp3) is 0.0625. The molecule has 0 radical (unpaired) electrons. The molecule has 0 saturated heterocycles. The molecule has 0 bridgehead atoms. The minimum absolute atomic E-state index is 0.0609. The molecule has 1 heterocycles. The molecule has 1 aromatic heterocycles. The SMILES string of the molecule is COc1ccc(C#Cc2nc3ccc([N+](=O)[O-])cc3s2)cc1. The van der Waals surface area contributed by atoms with Crippen LogP contribution in [0.15, 0.2) is 42.5 Å². The summed E-state index contributed by atoms with van der Waals surface area (Å²) < 4.78 is 5.85. The van der Waals surface area contributed by atoms with E-state index in [1.807, 2.05) is 24.3 Å². The Kier molecular flexibility index (Phi) is 3.73. The third-order valence-electron chi connectivity index (χ3n) is 2.99. The molecule has 0 aliphatic heterocycles. The first-order valence-corrected chi connectivity index (χ1v) is 7.18. The number of methoxy groups -OCH3 is 1. The molecule has 0 spiro atoms. The van der Waals surface area contributed by atoms with E-state index in [0.29, 0.717) is 5.01 Å². The molecule has 0 aliphatic carbocycles. The van der Waals surface area contributed by atoms with E-state index in [4.69, 9.17) is 4.74 Å². The summed E-state index contributed by atoms with van der Waals surface area (Å²) in [7, 11) is 1.61. The normalized spacial score (nSPS) is 10.0. The van der Waals surface area contributed by atoms with Gasteiger partial charge in [-0.15, -0.1) is 11.3 Å². The highest BCUT2D eigenvalue weighted by atomic mass is 32.1. The summed E-state index contributed by atoms with van der Waals surface area (Å²) in [5.41, 5.74) is 1.63. The Morgan fingerprint density at radius 2 is 1.95 bits per heavy atom. The second-order valence-electron chi connectivity index (χ2n) is 4.41. The van der Waals surface area contributed by atoms with Gasteiger partial charge in [0.25, 0.3) is 5.69 Å². The zero-order chi connectivity index (χ0) is 15.5. The molecule has 5 nitrogen and oxygen atoms in total. The quantitative estimate of drug-likeness (QED) is 0.412. The highest BCUT2D eigenvalue weighted by Crippen LogP contribution is 2.25. The first kappa shape index (κ1) is 14.0. The van der Waals surface area contributed by atoms with Crippen LogP contribution < -0.4 is 4.74 Å². The number of aromatic nitrogens is 1. The van der Waals surface area contributed by atoms with Crippen molar-refractivity contribution < 1.29 is 9.66 Å². The summed E-state index contributed by atoms with van der Waals surface area (Å²) in [5, 5.41) is 11.4. The van der Waals surface area contributed by atoms with E-state index in [9.17, 15) is 10.1 Å². The molecule has 0 saturated carbocycles. The Morgan fingerprint density at radius 1 is 1.18 bits per heavy atom. The van der Waals surface area contributed by atoms with E-state index in [1.165, 1.54) is 23.5 Å². The van der Waals surface area contributed by atoms with Crippen molar-refractivity contribution in [2.75, 3.05) is 7.11 Å². The zero-order valence-corrected chi connectivity index (χ0v) is 12.4. The van der Waals surface area contributed by atoms with Crippen molar-refractivity contribution in [1.82, 2.24) is 4.98 Å². The molecule has 0 N–H and O–H groups in total. The third kappa shape index (κ3) is 2.90. The molecule has 0 amide bonds. The van der Waals surface area contributed by atoms with Crippen molar-refractivity contribution in [2.45, 2.75) is 0 Å². The van der Waals surface area contributed by atoms with Gasteiger partial charge in [0.2, 0.25) is 0 Å². The van der Waals surface area contributed by atoms with Crippen LogP contribution in [-0.2, 0) is 0 Å². The van der Waals surface area contributed by atoms with Crippen LogP contribution in [-0.4, -0.2) is 17.0 Å². The summed E-state index contributed by atoms with van der Waals surface area (Å²) in [6.45, 7) is 0. The lowest BCUT2D eigenvalue weighted by Gasteiger charge is -1.97. The van der Waals surface area contributed by atoms with Crippen LogP contribution in [0.25, 0.3) is 10.2 Å². The number of thiazole rings is 1. The van der Waals surface area contributed by atoms with Crippen LogP contribution in [0.5, 0.6) is 5.75 Å². The smallest absolute Gasteiger partial charge is 0.270 e. The van der Waals surface area contributed by atoms with Crippen molar-refractivity contribution in [3.05, 3.63) is 63.1 Å². The molecule has 22 heavy (non-hydrogen) atoms. The molecule has 3 rings (SSSR count). The second-order valence-corrected chi connectivity index (χ2v) is 5.44.